The average molecular weight is 334 g/mol. The van der Waals surface area contributed by atoms with E-state index in [1.54, 1.807) is 14.0 Å². The van der Waals surface area contributed by atoms with Gasteiger partial charge in [-0.25, -0.2) is 17.9 Å². The zero-order chi connectivity index (χ0) is 17.0. The first-order chi connectivity index (χ1) is 10.8. The lowest BCUT2D eigenvalue weighted by molar-refractivity contribution is 0.0697. The van der Waals surface area contributed by atoms with E-state index in [1.807, 2.05) is 30.3 Å². The minimum Gasteiger partial charge on any atom is -0.478 e. The molecule has 7 heteroatoms. The van der Waals surface area contributed by atoms with Crippen molar-refractivity contribution in [3.63, 3.8) is 0 Å². The highest BCUT2D eigenvalue weighted by Gasteiger charge is 2.21. The van der Waals surface area contributed by atoms with E-state index in [0.717, 1.165) is 11.6 Å². The molecular formula is C16H18N2O4S. The van der Waals surface area contributed by atoms with Crippen LogP contribution in [0.1, 0.15) is 28.9 Å². The fourth-order valence-electron chi connectivity index (χ4n) is 2.20. The largest absolute Gasteiger partial charge is 0.478 e. The topological polar surface area (TPSA) is 95.5 Å². The Morgan fingerprint density at radius 1 is 1.13 bits per heavy atom. The van der Waals surface area contributed by atoms with Gasteiger partial charge < -0.3 is 10.4 Å². The second-order valence-corrected chi connectivity index (χ2v) is 6.73. The van der Waals surface area contributed by atoms with E-state index in [0.29, 0.717) is 5.69 Å². The van der Waals surface area contributed by atoms with Gasteiger partial charge in [0.2, 0.25) is 10.0 Å². The number of carboxylic acids is 1. The molecule has 2 rings (SSSR count). The Balaban J connectivity index is 2.33. The number of hydrogen-bond donors (Lipinski definition) is 3. The van der Waals surface area contributed by atoms with Crippen molar-refractivity contribution in [2.45, 2.75) is 17.9 Å². The van der Waals surface area contributed by atoms with Crippen LogP contribution in [0.5, 0.6) is 0 Å². The van der Waals surface area contributed by atoms with Gasteiger partial charge in [-0.05, 0) is 30.7 Å². The molecule has 0 radical (unpaired) electrons. The van der Waals surface area contributed by atoms with E-state index in [2.05, 4.69) is 10.0 Å². The lowest BCUT2D eigenvalue weighted by atomic mass is 10.1. The molecular weight excluding hydrogens is 316 g/mol. The molecule has 0 aromatic heterocycles. The van der Waals surface area contributed by atoms with E-state index < -0.39 is 22.0 Å². The van der Waals surface area contributed by atoms with Crippen molar-refractivity contribution in [3.05, 3.63) is 59.7 Å². The first kappa shape index (κ1) is 17.0. The summed E-state index contributed by atoms with van der Waals surface area (Å²) in [6, 6.07) is 12.7. The van der Waals surface area contributed by atoms with Crippen LogP contribution in [0.4, 0.5) is 5.69 Å². The molecule has 0 unspecified atom stereocenters. The average Bonchev–Trinajstić information content (AvgIpc) is 2.54. The summed E-state index contributed by atoms with van der Waals surface area (Å²) in [5, 5.41) is 11.9. The summed E-state index contributed by atoms with van der Waals surface area (Å²) in [5.74, 6) is -1.19. The highest BCUT2D eigenvalue weighted by molar-refractivity contribution is 7.89. The van der Waals surface area contributed by atoms with Gasteiger partial charge in [0.15, 0.2) is 0 Å². The van der Waals surface area contributed by atoms with Crippen LogP contribution < -0.4 is 10.0 Å². The minimum atomic E-state index is -3.83. The summed E-state index contributed by atoms with van der Waals surface area (Å²) in [6.07, 6.45) is 0. The van der Waals surface area contributed by atoms with E-state index in [1.165, 1.54) is 12.1 Å². The van der Waals surface area contributed by atoms with Crippen LogP contribution >= 0.6 is 0 Å². The molecule has 0 amide bonds. The van der Waals surface area contributed by atoms with Crippen molar-refractivity contribution in [2.75, 3.05) is 12.4 Å². The number of carboxylic acid groups (broad SMARTS) is 1. The Hall–Kier alpha value is -2.38. The van der Waals surface area contributed by atoms with Crippen molar-refractivity contribution < 1.29 is 18.3 Å². The summed E-state index contributed by atoms with van der Waals surface area (Å²) < 4.78 is 27.5. The maximum Gasteiger partial charge on any atom is 0.337 e. The number of carbonyl (C=O) groups is 1. The monoisotopic (exact) mass is 334 g/mol. The number of anilines is 1. The molecule has 0 heterocycles. The van der Waals surface area contributed by atoms with Gasteiger partial charge in [-0.2, -0.15) is 0 Å². The number of rotatable bonds is 6. The van der Waals surface area contributed by atoms with Crippen molar-refractivity contribution in [1.29, 1.82) is 0 Å². The molecule has 0 spiro atoms. The summed E-state index contributed by atoms with van der Waals surface area (Å²) >= 11 is 0. The summed E-state index contributed by atoms with van der Waals surface area (Å²) in [6.45, 7) is 1.73. The zero-order valence-electron chi connectivity index (χ0n) is 12.8. The van der Waals surface area contributed by atoms with Gasteiger partial charge in [-0.15, -0.1) is 0 Å². The molecule has 0 aliphatic rings. The van der Waals surface area contributed by atoms with Crippen LogP contribution in [-0.4, -0.2) is 26.5 Å². The fourth-order valence-corrected chi connectivity index (χ4v) is 3.45. The van der Waals surface area contributed by atoms with E-state index in [9.17, 15) is 18.3 Å². The third kappa shape index (κ3) is 3.88. The van der Waals surface area contributed by atoms with Crippen LogP contribution in [0.3, 0.4) is 0 Å². The van der Waals surface area contributed by atoms with Crippen LogP contribution in [0.25, 0.3) is 0 Å². The highest BCUT2D eigenvalue weighted by Crippen LogP contribution is 2.22. The van der Waals surface area contributed by atoms with E-state index >= 15 is 0 Å². The number of aromatic carboxylic acids is 1. The Kier molecular flexibility index (Phi) is 5.02. The molecule has 1 atom stereocenters. The first-order valence-corrected chi connectivity index (χ1v) is 8.46. The molecule has 2 aromatic carbocycles. The maximum atomic E-state index is 12.5. The molecule has 6 nitrogen and oxygen atoms in total. The molecule has 0 aliphatic carbocycles. The molecule has 0 bridgehead atoms. The standard InChI is InChI=1S/C16H18N2O4S/c1-11(12-6-4-3-5-7-12)18-23(21,22)13-8-9-15(17-2)14(10-13)16(19)20/h3-11,17-18H,1-2H3,(H,19,20)/t11-/m1/s1. The van der Waals surface area contributed by atoms with Gasteiger partial charge in [-0.3, -0.25) is 0 Å². The Morgan fingerprint density at radius 2 is 1.78 bits per heavy atom. The summed E-state index contributed by atoms with van der Waals surface area (Å²) in [5.41, 5.74) is 1.08. The molecule has 0 fully saturated rings. The number of nitrogens with one attached hydrogen (secondary N) is 2. The summed E-state index contributed by atoms with van der Waals surface area (Å²) in [4.78, 5) is 11.2. The van der Waals surface area contributed by atoms with Crippen LogP contribution in [-0.2, 0) is 10.0 Å². The number of hydrogen-bond acceptors (Lipinski definition) is 4. The fraction of sp³-hybridized carbons (Fsp3) is 0.188. The highest BCUT2D eigenvalue weighted by atomic mass is 32.2. The second kappa shape index (κ2) is 6.80. The van der Waals surface area contributed by atoms with Gasteiger partial charge in [0.25, 0.3) is 0 Å². The van der Waals surface area contributed by atoms with E-state index in [4.69, 9.17) is 0 Å². The minimum absolute atomic E-state index is 0.0864. The Labute approximate surface area is 135 Å². The SMILES string of the molecule is CNc1ccc(S(=O)(=O)N[C@H](C)c2ccccc2)cc1C(=O)O. The van der Waals surface area contributed by atoms with Crippen LogP contribution in [0.2, 0.25) is 0 Å². The van der Waals surface area contributed by atoms with Crippen molar-refractivity contribution in [1.82, 2.24) is 4.72 Å². The van der Waals surface area contributed by atoms with Gasteiger partial charge in [0.1, 0.15) is 0 Å². The predicted molar refractivity (Wildman–Crippen MR) is 88.1 cm³/mol. The van der Waals surface area contributed by atoms with Crippen molar-refractivity contribution in [3.8, 4) is 0 Å². The third-order valence-electron chi connectivity index (χ3n) is 3.43. The van der Waals surface area contributed by atoms with Gasteiger partial charge in [-0.1, -0.05) is 30.3 Å². The van der Waals surface area contributed by atoms with Crippen LogP contribution in [0, 0.1) is 0 Å². The normalized spacial score (nSPS) is 12.6. The molecule has 0 saturated carbocycles. The molecule has 0 saturated heterocycles. The Morgan fingerprint density at radius 3 is 2.35 bits per heavy atom. The zero-order valence-corrected chi connectivity index (χ0v) is 13.6. The first-order valence-electron chi connectivity index (χ1n) is 6.97. The third-order valence-corrected chi connectivity index (χ3v) is 4.97. The lowest BCUT2D eigenvalue weighted by Gasteiger charge is -2.15. The Bertz CT molecular complexity index is 804. The molecule has 23 heavy (non-hydrogen) atoms. The van der Waals surface area contributed by atoms with Gasteiger partial charge >= 0.3 is 5.97 Å². The maximum absolute atomic E-state index is 12.5. The molecule has 3 N–H and O–H groups in total. The number of sulfonamides is 1. The molecule has 0 aliphatic heterocycles. The number of benzene rings is 2. The lowest BCUT2D eigenvalue weighted by Crippen LogP contribution is -2.27. The van der Waals surface area contributed by atoms with E-state index in [-0.39, 0.29) is 10.5 Å². The van der Waals surface area contributed by atoms with Crippen LogP contribution in [0.15, 0.2) is 53.4 Å². The van der Waals surface area contributed by atoms with Gasteiger partial charge in [0, 0.05) is 18.8 Å². The second-order valence-electron chi connectivity index (χ2n) is 5.02. The van der Waals surface area contributed by atoms with Crippen molar-refractivity contribution in [2.24, 2.45) is 0 Å². The van der Waals surface area contributed by atoms with Gasteiger partial charge in [0.05, 0.1) is 10.5 Å². The quantitative estimate of drug-likeness (QED) is 0.754. The summed E-state index contributed by atoms with van der Waals surface area (Å²) in [7, 11) is -2.25. The smallest absolute Gasteiger partial charge is 0.337 e. The van der Waals surface area contributed by atoms with Crippen molar-refractivity contribution >= 4 is 21.7 Å². The molecule has 122 valence electrons. The molecule has 2 aromatic rings. The predicted octanol–water partition coefficient (Wildman–Crippen LogP) is 2.47.